The van der Waals surface area contributed by atoms with Crippen molar-refractivity contribution in [3.8, 4) is 0 Å². The number of hydrogen-bond donors (Lipinski definition) is 1. The molecule has 1 aromatic rings. The highest BCUT2D eigenvalue weighted by molar-refractivity contribution is 6.21. The highest BCUT2D eigenvalue weighted by Gasteiger charge is 2.36. The number of nitrogens with one attached hydrogen (secondary N) is 1. The molecule has 3 rings (SSSR count). The normalized spacial score (nSPS) is 15.5. The highest BCUT2D eigenvalue weighted by atomic mass is 16.6. The predicted octanol–water partition coefficient (Wildman–Crippen LogP) is 1.56. The van der Waals surface area contributed by atoms with E-state index < -0.39 is 28.4 Å². The first-order chi connectivity index (χ1) is 17.4. The van der Waals surface area contributed by atoms with Crippen LogP contribution < -0.4 is 5.32 Å². The Labute approximate surface area is 213 Å². The van der Waals surface area contributed by atoms with E-state index in [0.717, 1.165) is 11.0 Å². The van der Waals surface area contributed by atoms with Gasteiger partial charge in [-0.3, -0.25) is 34.2 Å². The first-order valence-corrected chi connectivity index (χ1v) is 12.0. The van der Waals surface area contributed by atoms with Gasteiger partial charge in [0.05, 0.1) is 16.1 Å². The summed E-state index contributed by atoms with van der Waals surface area (Å²) in [6.45, 7) is 6.88. The van der Waals surface area contributed by atoms with Crippen molar-refractivity contribution in [3.63, 3.8) is 0 Å². The zero-order valence-corrected chi connectivity index (χ0v) is 21.2. The van der Waals surface area contributed by atoms with Gasteiger partial charge in [-0.05, 0) is 33.3 Å². The average molecular weight is 518 g/mol. The van der Waals surface area contributed by atoms with Crippen molar-refractivity contribution in [2.75, 3.05) is 39.3 Å². The Morgan fingerprint density at radius 1 is 0.973 bits per heavy atom. The van der Waals surface area contributed by atoms with Crippen LogP contribution >= 0.6 is 0 Å². The molecule has 1 saturated heterocycles. The Morgan fingerprint density at radius 3 is 2.11 bits per heavy atom. The van der Waals surface area contributed by atoms with Crippen LogP contribution in [-0.2, 0) is 14.3 Å². The molecule has 1 aromatic carbocycles. The molecule has 37 heavy (non-hydrogen) atoms. The van der Waals surface area contributed by atoms with Crippen LogP contribution in [0.3, 0.4) is 0 Å². The van der Waals surface area contributed by atoms with E-state index in [4.69, 9.17) is 4.74 Å². The third-order valence-corrected chi connectivity index (χ3v) is 5.93. The number of alkyl carbamates (subject to hydrolysis) is 1. The van der Waals surface area contributed by atoms with Crippen LogP contribution in [0.25, 0.3) is 0 Å². The van der Waals surface area contributed by atoms with Crippen LogP contribution in [0, 0.1) is 10.1 Å². The lowest BCUT2D eigenvalue weighted by Crippen LogP contribution is -2.51. The summed E-state index contributed by atoms with van der Waals surface area (Å²) < 4.78 is 5.13. The van der Waals surface area contributed by atoms with E-state index in [0.29, 0.717) is 26.2 Å². The number of carbonyl (C=O) groups excluding carboxylic acids is 5. The van der Waals surface area contributed by atoms with E-state index in [-0.39, 0.29) is 61.0 Å². The summed E-state index contributed by atoms with van der Waals surface area (Å²) >= 11 is 0. The van der Waals surface area contributed by atoms with Gasteiger partial charge in [0.25, 0.3) is 17.5 Å². The molecular formula is C24H31N5O8. The van der Waals surface area contributed by atoms with E-state index in [9.17, 15) is 34.1 Å². The number of non-ortho nitro benzene ring substituents is 1. The number of hydrogen-bond acceptors (Lipinski definition) is 8. The number of imide groups is 1. The molecule has 0 bridgehead atoms. The minimum absolute atomic E-state index is 0.00684. The first kappa shape index (κ1) is 27.6. The van der Waals surface area contributed by atoms with Gasteiger partial charge in [0, 0.05) is 64.2 Å². The monoisotopic (exact) mass is 517 g/mol. The lowest BCUT2D eigenvalue weighted by atomic mass is 10.1. The molecule has 13 nitrogen and oxygen atoms in total. The molecule has 0 aromatic heterocycles. The standard InChI is InChI=1S/C24H31N5O8/c1-24(2,3)37-23(34)25-9-8-20(31)27-13-11-26(12-14-27)19(30)5-4-10-28-21(32)17-7-6-16(29(35)36)15-18(17)22(28)33/h6-7,15H,4-5,8-14H2,1-3H3,(H,25,34). The molecular weight excluding hydrogens is 486 g/mol. The number of benzene rings is 1. The molecule has 1 fully saturated rings. The fraction of sp³-hybridized carbons (Fsp3) is 0.542. The second kappa shape index (κ2) is 11.4. The summed E-state index contributed by atoms with van der Waals surface area (Å²) in [5, 5.41) is 13.5. The largest absolute Gasteiger partial charge is 0.444 e. The molecule has 0 radical (unpaired) electrons. The van der Waals surface area contributed by atoms with Crippen LogP contribution in [0.15, 0.2) is 18.2 Å². The number of ether oxygens (including phenoxy) is 1. The third kappa shape index (κ3) is 7.02. The molecule has 2 heterocycles. The molecule has 2 aliphatic rings. The lowest BCUT2D eigenvalue weighted by Gasteiger charge is -2.35. The van der Waals surface area contributed by atoms with Gasteiger partial charge in [-0.15, -0.1) is 0 Å². The average Bonchev–Trinajstić information content (AvgIpc) is 3.07. The Hall–Kier alpha value is -4.03. The molecule has 2 aliphatic heterocycles. The number of piperazine rings is 1. The molecule has 13 heteroatoms. The SMILES string of the molecule is CC(C)(C)OC(=O)NCCC(=O)N1CCN(C(=O)CCCN2C(=O)c3ccc([N+](=O)[O-])cc3C2=O)CC1. The highest BCUT2D eigenvalue weighted by Crippen LogP contribution is 2.27. The summed E-state index contributed by atoms with van der Waals surface area (Å²) in [6, 6.07) is 3.54. The van der Waals surface area contributed by atoms with Crippen LogP contribution in [0.5, 0.6) is 0 Å². The fourth-order valence-corrected chi connectivity index (χ4v) is 4.09. The number of nitrogens with zero attached hydrogens (tertiary/aromatic N) is 4. The maximum atomic E-state index is 12.6. The predicted molar refractivity (Wildman–Crippen MR) is 130 cm³/mol. The van der Waals surface area contributed by atoms with Crippen molar-refractivity contribution in [3.05, 3.63) is 39.4 Å². The number of carbonyl (C=O) groups is 5. The number of fused-ring (bicyclic) bond motifs is 1. The Kier molecular flexibility index (Phi) is 8.46. The molecule has 0 unspecified atom stereocenters. The Balaban J connectivity index is 1.38. The van der Waals surface area contributed by atoms with Gasteiger partial charge in [0.1, 0.15) is 5.60 Å². The van der Waals surface area contributed by atoms with Gasteiger partial charge in [0.15, 0.2) is 0 Å². The topological polar surface area (TPSA) is 159 Å². The van der Waals surface area contributed by atoms with E-state index in [1.807, 2.05) is 0 Å². The Bertz CT molecular complexity index is 1100. The first-order valence-electron chi connectivity index (χ1n) is 12.0. The van der Waals surface area contributed by atoms with Gasteiger partial charge < -0.3 is 19.9 Å². The molecule has 1 N–H and O–H groups in total. The quantitative estimate of drug-likeness (QED) is 0.309. The number of nitro benzene ring substituents is 1. The fourth-order valence-electron chi connectivity index (χ4n) is 4.09. The second-order valence-electron chi connectivity index (χ2n) is 9.79. The van der Waals surface area contributed by atoms with E-state index in [1.54, 1.807) is 30.6 Å². The van der Waals surface area contributed by atoms with Crippen LogP contribution in [-0.4, -0.2) is 94.2 Å². The maximum Gasteiger partial charge on any atom is 0.407 e. The molecule has 0 saturated carbocycles. The Morgan fingerprint density at radius 2 is 1.54 bits per heavy atom. The van der Waals surface area contributed by atoms with Gasteiger partial charge in [-0.2, -0.15) is 0 Å². The summed E-state index contributed by atoms with van der Waals surface area (Å²) in [4.78, 5) is 76.3. The van der Waals surface area contributed by atoms with E-state index in [2.05, 4.69) is 5.32 Å². The molecule has 0 spiro atoms. The van der Waals surface area contributed by atoms with Crippen LogP contribution in [0.1, 0.15) is 60.7 Å². The minimum Gasteiger partial charge on any atom is -0.444 e. The van der Waals surface area contributed by atoms with Gasteiger partial charge in [-0.25, -0.2) is 4.79 Å². The smallest absolute Gasteiger partial charge is 0.407 e. The summed E-state index contributed by atoms with van der Waals surface area (Å²) in [5.74, 6) is -1.42. The zero-order valence-electron chi connectivity index (χ0n) is 21.2. The van der Waals surface area contributed by atoms with Crippen molar-refractivity contribution in [1.29, 1.82) is 0 Å². The number of nitro groups is 1. The van der Waals surface area contributed by atoms with Crippen molar-refractivity contribution < 1.29 is 33.6 Å². The number of amides is 5. The minimum atomic E-state index is -0.631. The van der Waals surface area contributed by atoms with Gasteiger partial charge in [0.2, 0.25) is 11.8 Å². The molecule has 200 valence electrons. The van der Waals surface area contributed by atoms with Crippen molar-refractivity contribution in [1.82, 2.24) is 20.0 Å². The zero-order chi connectivity index (χ0) is 27.3. The number of rotatable bonds is 8. The van der Waals surface area contributed by atoms with E-state index >= 15 is 0 Å². The third-order valence-electron chi connectivity index (χ3n) is 5.93. The van der Waals surface area contributed by atoms with Crippen LogP contribution in [0.2, 0.25) is 0 Å². The van der Waals surface area contributed by atoms with Gasteiger partial charge >= 0.3 is 6.09 Å². The summed E-state index contributed by atoms with van der Waals surface area (Å²) in [7, 11) is 0. The molecule has 0 atom stereocenters. The van der Waals surface area contributed by atoms with Crippen molar-refractivity contribution in [2.24, 2.45) is 0 Å². The summed E-state index contributed by atoms with van der Waals surface area (Å²) in [5.41, 5.74) is -0.782. The second-order valence-corrected chi connectivity index (χ2v) is 9.79. The van der Waals surface area contributed by atoms with Crippen molar-refractivity contribution in [2.45, 2.75) is 45.6 Å². The molecule has 0 aliphatic carbocycles. The van der Waals surface area contributed by atoms with E-state index in [1.165, 1.54) is 12.1 Å². The molecule has 5 amide bonds. The summed E-state index contributed by atoms with van der Waals surface area (Å²) in [6.07, 6.45) is -0.0990. The van der Waals surface area contributed by atoms with Crippen LogP contribution in [0.4, 0.5) is 10.5 Å². The lowest BCUT2D eigenvalue weighted by molar-refractivity contribution is -0.384. The van der Waals surface area contributed by atoms with Crippen molar-refractivity contribution >= 4 is 35.4 Å². The maximum absolute atomic E-state index is 12.6. The van der Waals surface area contributed by atoms with Gasteiger partial charge in [-0.1, -0.05) is 0 Å².